The quantitative estimate of drug-likeness (QED) is 0.154. The molecule has 0 N–H and O–H groups in total. The zero-order valence-corrected chi connectivity index (χ0v) is 31.2. The van der Waals surface area contributed by atoms with E-state index in [0.29, 0.717) is 0 Å². The second-order valence-corrected chi connectivity index (χ2v) is 14.8. The van der Waals surface area contributed by atoms with E-state index in [0.717, 1.165) is 29.9 Å². The van der Waals surface area contributed by atoms with Gasteiger partial charge in [-0.05, 0) is 129 Å². The van der Waals surface area contributed by atoms with Gasteiger partial charge in [-0.2, -0.15) is 0 Å². The second-order valence-electron chi connectivity index (χ2n) is 14.8. The molecule has 0 saturated heterocycles. The molecule has 8 aromatic carbocycles. The third kappa shape index (κ3) is 6.20. The van der Waals surface area contributed by atoms with Gasteiger partial charge in [0.25, 0.3) is 0 Å². The summed E-state index contributed by atoms with van der Waals surface area (Å²) in [6.07, 6.45) is 9.07. The van der Waals surface area contributed by atoms with E-state index < -0.39 is 0 Å². The first kappa shape index (κ1) is 33.7. The van der Waals surface area contributed by atoms with Crippen LogP contribution in [0.15, 0.2) is 218 Å². The molecule has 2 atom stereocenters. The first-order valence-electron chi connectivity index (χ1n) is 19.7. The van der Waals surface area contributed by atoms with Crippen molar-refractivity contribution in [2.75, 3.05) is 9.80 Å². The molecule has 0 radical (unpaired) electrons. The fourth-order valence-electron chi connectivity index (χ4n) is 8.96. The van der Waals surface area contributed by atoms with E-state index in [9.17, 15) is 0 Å². The topological polar surface area (TPSA) is 6.48 Å². The summed E-state index contributed by atoms with van der Waals surface area (Å²) in [4.78, 5) is 4.79. The number of anilines is 5. The van der Waals surface area contributed by atoms with Crippen LogP contribution in [0.4, 0.5) is 28.4 Å². The molecule has 2 unspecified atom stereocenters. The lowest BCUT2D eigenvalue weighted by Crippen LogP contribution is -2.30. The van der Waals surface area contributed by atoms with Crippen molar-refractivity contribution in [3.63, 3.8) is 0 Å². The Morgan fingerprint density at radius 1 is 0.429 bits per heavy atom. The van der Waals surface area contributed by atoms with Crippen LogP contribution in [0, 0.1) is 0 Å². The predicted octanol–water partition coefficient (Wildman–Crippen LogP) is 14.2. The SMILES string of the molecule is C1=CC(N(c2ccccc2)c2ccccc2)CC=C1c1cc2c(c3ccccc13)CC(c1ccc(N(c3ccccc3)c3ccccc3)cc1)c1ccccc1-2. The van der Waals surface area contributed by atoms with Gasteiger partial charge in [-0.3, -0.25) is 0 Å². The number of hydrogen-bond donors (Lipinski definition) is 0. The van der Waals surface area contributed by atoms with Crippen molar-refractivity contribution in [1.29, 1.82) is 0 Å². The molecule has 0 heterocycles. The zero-order chi connectivity index (χ0) is 37.3. The number of rotatable bonds is 8. The lowest BCUT2D eigenvalue weighted by Gasteiger charge is -2.33. The monoisotopic (exact) mass is 718 g/mol. The van der Waals surface area contributed by atoms with Gasteiger partial charge in [-0.15, -0.1) is 0 Å². The smallest absolute Gasteiger partial charge is 0.0560 e. The van der Waals surface area contributed by atoms with Gasteiger partial charge >= 0.3 is 0 Å². The van der Waals surface area contributed by atoms with Gasteiger partial charge in [0.2, 0.25) is 0 Å². The van der Waals surface area contributed by atoms with E-state index in [1.807, 2.05) is 0 Å². The minimum atomic E-state index is 0.216. The summed E-state index contributed by atoms with van der Waals surface area (Å²) in [5, 5.41) is 2.67. The number of benzene rings is 8. The Morgan fingerprint density at radius 2 is 0.946 bits per heavy atom. The molecule has 0 aliphatic heterocycles. The molecule has 10 rings (SSSR count). The Morgan fingerprint density at radius 3 is 1.54 bits per heavy atom. The van der Waals surface area contributed by atoms with Crippen LogP contribution in [0.5, 0.6) is 0 Å². The Bertz CT molecular complexity index is 2600. The molecule has 0 amide bonds. The van der Waals surface area contributed by atoms with Gasteiger partial charge in [-0.25, -0.2) is 0 Å². The van der Waals surface area contributed by atoms with Gasteiger partial charge in [0, 0.05) is 34.4 Å². The number of para-hydroxylation sites is 4. The molecule has 0 spiro atoms. The zero-order valence-electron chi connectivity index (χ0n) is 31.2. The second kappa shape index (κ2) is 14.7. The molecule has 56 heavy (non-hydrogen) atoms. The van der Waals surface area contributed by atoms with Crippen molar-refractivity contribution in [3.8, 4) is 11.1 Å². The normalized spacial score (nSPS) is 15.8. The van der Waals surface area contributed by atoms with E-state index in [1.54, 1.807) is 0 Å². The van der Waals surface area contributed by atoms with Crippen LogP contribution in [0.3, 0.4) is 0 Å². The highest BCUT2D eigenvalue weighted by Gasteiger charge is 2.29. The van der Waals surface area contributed by atoms with E-state index in [-0.39, 0.29) is 12.0 Å². The minimum absolute atomic E-state index is 0.216. The van der Waals surface area contributed by atoms with Gasteiger partial charge in [0.1, 0.15) is 0 Å². The summed E-state index contributed by atoms with van der Waals surface area (Å²) >= 11 is 0. The Labute approximate surface area is 330 Å². The third-order valence-electron chi connectivity index (χ3n) is 11.6. The standard InChI is InChI=1S/C54H42N2/c1-5-17-41(18-6-1)55(42-19-7-2-8-20-42)45-33-29-39(30-34-45)51-37-53-50-28-16-14-26-48(50)52(38-54(53)49-27-15-13-25-47(49)51)40-31-35-46(36-32-40)56(43-21-9-3-10-22-43)44-23-11-4-12-24-44/h1-35,38,46,51H,36-37H2. The highest BCUT2D eigenvalue weighted by Crippen LogP contribution is 2.48. The molecule has 2 aliphatic carbocycles. The molecule has 2 nitrogen and oxygen atoms in total. The highest BCUT2D eigenvalue weighted by molar-refractivity contribution is 6.03. The predicted molar refractivity (Wildman–Crippen MR) is 237 cm³/mol. The lowest BCUT2D eigenvalue weighted by molar-refractivity contribution is 0.787. The van der Waals surface area contributed by atoms with E-state index in [2.05, 4.69) is 228 Å². The molecule has 268 valence electrons. The van der Waals surface area contributed by atoms with Gasteiger partial charge in [-0.1, -0.05) is 152 Å². The van der Waals surface area contributed by atoms with Crippen LogP contribution >= 0.6 is 0 Å². The molecule has 2 heteroatoms. The Balaban J connectivity index is 1.01. The summed E-state index contributed by atoms with van der Waals surface area (Å²) < 4.78 is 0. The maximum atomic E-state index is 2.48. The minimum Gasteiger partial charge on any atom is -0.334 e. The molecule has 0 saturated carbocycles. The number of allylic oxidation sites excluding steroid dienone is 2. The first-order chi connectivity index (χ1) is 27.8. The summed E-state index contributed by atoms with van der Waals surface area (Å²) in [6, 6.07) is 72.9. The van der Waals surface area contributed by atoms with Crippen molar-refractivity contribution in [2.24, 2.45) is 0 Å². The van der Waals surface area contributed by atoms with Crippen LogP contribution in [-0.2, 0) is 6.42 Å². The van der Waals surface area contributed by atoms with Gasteiger partial charge in [0.15, 0.2) is 0 Å². The maximum Gasteiger partial charge on any atom is 0.0560 e. The molecular formula is C54H42N2. The van der Waals surface area contributed by atoms with Gasteiger partial charge in [0.05, 0.1) is 6.04 Å². The van der Waals surface area contributed by atoms with E-state index in [4.69, 9.17) is 0 Å². The van der Waals surface area contributed by atoms with Crippen molar-refractivity contribution in [1.82, 2.24) is 0 Å². The molecule has 0 aromatic heterocycles. The van der Waals surface area contributed by atoms with Crippen LogP contribution < -0.4 is 9.80 Å². The average molecular weight is 719 g/mol. The third-order valence-corrected chi connectivity index (χ3v) is 11.6. The molecule has 0 fully saturated rings. The Kier molecular flexibility index (Phi) is 8.85. The fourth-order valence-corrected chi connectivity index (χ4v) is 8.96. The fraction of sp³-hybridized carbons (Fsp3) is 0.0741. The number of nitrogens with zero attached hydrogens (tertiary/aromatic N) is 2. The van der Waals surface area contributed by atoms with Crippen LogP contribution in [-0.4, -0.2) is 6.04 Å². The highest BCUT2D eigenvalue weighted by atomic mass is 15.2. The number of fused-ring (bicyclic) bond motifs is 5. The largest absolute Gasteiger partial charge is 0.334 e. The number of hydrogen-bond acceptors (Lipinski definition) is 2. The van der Waals surface area contributed by atoms with Crippen LogP contribution in [0.25, 0.3) is 27.5 Å². The maximum absolute atomic E-state index is 2.48. The average Bonchev–Trinajstić information content (AvgIpc) is 3.28. The summed E-state index contributed by atoms with van der Waals surface area (Å²) in [6.45, 7) is 0. The molecule has 8 aromatic rings. The van der Waals surface area contributed by atoms with Crippen molar-refractivity contribution >= 4 is 44.8 Å². The molecular weight excluding hydrogens is 677 g/mol. The van der Waals surface area contributed by atoms with E-state index >= 15 is 0 Å². The van der Waals surface area contributed by atoms with E-state index in [1.165, 1.54) is 61.1 Å². The summed E-state index contributed by atoms with van der Waals surface area (Å²) in [5.74, 6) is 0.250. The first-order valence-corrected chi connectivity index (χ1v) is 19.7. The van der Waals surface area contributed by atoms with Crippen LogP contribution in [0.2, 0.25) is 0 Å². The van der Waals surface area contributed by atoms with Crippen molar-refractivity contribution in [3.05, 3.63) is 241 Å². The lowest BCUT2D eigenvalue weighted by atomic mass is 9.73. The van der Waals surface area contributed by atoms with Crippen molar-refractivity contribution in [2.45, 2.75) is 24.8 Å². The molecule has 0 bridgehead atoms. The summed E-state index contributed by atoms with van der Waals surface area (Å²) in [5.41, 5.74) is 15.3. The van der Waals surface area contributed by atoms with Crippen molar-refractivity contribution < 1.29 is 0 Å². The molecule has 2 aliphatic rings. The van der Waals surface area contributed by atoms with Crippen LogP contribution in [0.1, 0.15) is 34.6 Å². The van der Waals surface area contributed by atoms with Gasteiger partial charge < -0.3 is 9.80 Å². The summed E-state index contributed by atoms with van der Waals surface area (Å²) in [7, 11) is 0. The Hall–Kier alpha value is -6.90.